The zero-order valence-electron chi connectivity index (χ0n) is 11.3. The second-order valence-electron chi connectivity index (χ2n) is 3.90. The van der Waals surface area contributed by atoms with Crippen LogP contribution in [-0.2, 0) is 14.4 Å². The molecule has 0 aromatic rings. The molecule has 0 aromatic carbocycles. The number of amides is 1. The summed E-state index contributed by atoms with van der Waals surface area (Å²) in [5.74, 6) is -0.903. The highest BCUT2D eigenvalue weighted by Crippen LogP contribution is 2.18. The normalized spacial score (nSPS) is 13.6. The minimum Gasteiger partial charge on any atom is -0.481 e. The van der Waals surface area contributed by atoms with Gasteiger partial charge in [-0.05, 0) is 26.6 Å². The van der Waals surface area contributed by atoms with Crippen LogP contribution in [0.2, 0.25) is 0 Å². The van der Waals surface area contributed by atoms with Crippen molar-refractivity contribution in [1.29, 1.82) is 0 Å². The first-order valence-electron chi connectivity index (χ1n) is 5.77. The van der Waals surface area contributed by atoms with E-state index in [1.807, 2.05) is 6.26 Å². The monoisotopic (exact) mass is 308 g/mol. The molecule has 2 atom stereocenters. The molecule has 0 saturated carbocycles. The molecule has 0 rings (SSSR count). The van der Waals surface area contributed by atoms with Crippen LogP contribution in [0.5, 0.6) is 0 Å². The van der Waals surface area contributed by atoms with E-state index in [2.05, 4.69) is 10.6 Å². The summed E-state index contributed by atoms with van der Waals surface area (Å²) in [6, 6.07) is -1.14. The van der Waals surface area contributed by atoms with Crippen LogP contribution in [-0.4, -0.2) is 53.9 Å². The summed E-state index contributed by atoms with van der Waals surface area (Å²) in [5.41, 5.74) is 0. The highest BCUT2D eigenvalue weighted by Gasteiger charge is 2.23. The molecule has 0 spiro atoms. The van der Waals surface area contributed by atoms with Gasteiger partial charge in [-0.15, -0.1) is 0 Å². The Labute approximate surface area is 120 Å². The maximum absolute atomic E-state index is 11.9. The Kier molecular flexibility index (Phi) is 9.72. The molecule has 19 heavy (non-hydrogen) atoms. The molecule has 0 fully saturated rings. The van der Waals surface area contributed by atoms with Crippen molar-refractivity contribution in [1.82, 2.24) is 10.6 Å². The molecular weight excluding hydrogens is 288 g/mol. The molecule has 1 amide bonds. The van der Waals surface area contributed by atoms with Crippen LogP contribution in [0, 0.1) is 0 Å². The molecule has 110 valence electrons. The number of rotatable bonds is 10. The predicted molar refractivity (Wildman–Crippen MR) is 78.3 cm³/mol. The van der Waals surface area contributed by atoms with Crippen molar-refractivity contribution in [2.75, 3.05) is 19.1 Å². The summed E-state index contributed by atoms with van der Waals surface area (Å²) < 4.78 is 0. The number of likely N-dealkylation sites (N-methyl/N-ethyl adjacent to an activating group) is 1. The largest absolute Gasteiger partial charge is 0.481 e. The van der Waals surface area contributed by atoms with Crippen LogP contribution in [0.1, 0.15) is 19.8 Å². The summed E-state index contributed by atoms with van der Waals surface area (Å²) in [5, 5.41) is 14.0. The van der Waals surface area contributed by atoms with Gasteiger partial charge in [0, 0.05) is 12.2 Å². The molecule has 6 nitrogen and oxygen atoms in total. The van der Waals surface area contributed by atoms with E-state index < -0.39 is 18.1 Å². The lowest BCUT2D eigenvalue weighted by Crippen LogP contribution is -2.50. The van der Waals surface area contributed by atoms with Crippen molar-refractivity contribution >= 4 is 39.2 Å². The van der Waals surface area contributed by atoms with Crippen LogP contribution in [0.3, 0.4) is 0 Å². The van der Waals surface area contributed by atoms with Gasteiger partial charge in [-0.1, -0.05) is 21.6 Å². The van der Waals surface area contributed by atoms with Gasteiger partial charge in [0.15, 0.2) is 5.78 Å². The van der Waals surface area contributed by atoms with Gasteiger partial charge >= 0.3 is 5.97 Å². The number of carboxylic acid groups (broad SMARTS) is 1. The van der Waals surface area contributed by atoms with Gasteiger partial charge in [0.05, 0.1) is 12.1 Å². The first kappa shape index (κ1) is 18.3. The van der Waals surface area contributed by atoms with E-state index in [1.54, 1.807) is 7.05 Å². The van der Waals surface area contributed by atoms with Crippen molar-refractivity contribution < 1.29 is 19.5 Å². The molecule has 0 aliphatic heterocycles. The Bertz CT molecular complexity index is 326. The van der Waals surface area contributed by atoms with E-state index in [-0.39, 0.29) is 24.5 Å². The summed E-state index contributed by atoms with van der Waals surface area (Å²) in [4.78, 5) is 33.8. The topological polar surface area (TPSA) is 95.5 Å². The number of carbonyl (C=O) groups excluding carboxylic acids is 2. The lowest BCUT2D eigenvalue weighted by atomic mass is 10.1. The molecule has 0 heterocycles. The summed E-state index contributed by atoms with van der Waals surface area (Å²) in [6.07, 6.45) is 1.99. The second kappa shape index (κ2) is 10.1. The van der Waals surface area contributed by atoms with Crippen molar-refractivity contribution in [2.45, 2.75) is 31.8 Å². The van der Waals surface area contributed by atoms with E-state index in [1.165, 1.54) is 28.5 Å². The quantitative estimate of drug-likeness (QED) is 0.506. The van der Waals surface area contributed by atoms with Gasteiger partial charge in [0.1, 0.15) is 0 Å². The number of carbonyl (C=O) groups is 3. The first-order chi connectivity index (χ1) is 8.92. The lowest BCUT2D eigenvalue weighted by molar-refractivity contribution is -0.137. The Morgan fingerprint density at radius 1 is 1.26 bits per heavy atom. The zero-order chi connectivity index (χ0) is 14.8. The van der Waals surface area contributed by atoms with Crippen LogP contribution < -0.4 is 10.6 Å². The van der Waals surface area contributed by atoms with Crippen molar-refractivity contribution in [2.24, 2.45) is 0 Å². The summed E-state index contributed by atoms with van der Waals surface area (Å²) in [7, 11) is 4.60. The lowest BCUT2D eigenvalue weighted by Gasteiger charge is -2.20. The third kappa shape index (κ3) is 8.12. The van der Waals surface area contributed by atoms with Gasteiger partial charge in [0.2, 0.25) is 5.91 Å². The minimum atomic E-state index is -0.950. The molecule has 0 saturated heterocycles. The summed E-state index contributed by atoms with van der Waals surface area (Å²) in [6.45, 7) is 1.43. The Morgan fingerprint density at radius 2 is 1.89 bits per heavy atom. The Balaban J connectivity index is 4.41. The highest BCUT2D eigenvalue weighted by molar-refractivity contribution is 8.76. The van der Waals surface area contributed by atoms with Gasteiger partial charge in [-0.3, -0.25) is 14.4 Å². The first-order valence-corrected chi connectivity index (χ1v) is 8.50. The molecule has 0 aliphatic rings. The molecule has 0 radical (unpaired) electrons. The maximum atomic E-state index is 11.9. The highest BCUT2D eigenvalue weighted by atomic mass is 33.1. The molecule has 8 heteroatoms. The number of Topliss-reactive ketones (excluding diaryl/α,β-unsaturated/α-hetero) is 1. The smallest absolute Gasteiger partial charge is 0.303 e. The molecule has 3 N–H and O–H groups in total. The van der Waals surface area contributed by atoms with Gasteiger partial charge < -0.3 is 15.7 Å². The van der Waals surface area contributed by atoms with E-state index in [0.29, 0.717) is 5.75 Å². The fourth-order valence-corrected chi connectivity index (χ4v) is 2.75. The third-order valence-corrected chi connectivity index (χ3v) is 4.29. The van der Waals surface area contributed by atoms with Gasteiger partial charge in [-0.25, -0.2) is 0 Å². The number of aliphatic carboxylic acids is 1. The molecular formula is C11H20N2O4S2. The van der Waals surface area contributed by atoms with Gasteiger partial charge in [-0.2, -0.15) is 0 Å². The predicted octanol–water partition coefficient (Wildman–Crippen LogP) is 0.524. The maximum Gasteiger partial charge on any atom is 0.303 e. The summed E-state index contributed by atoms with van der Waals surface area (Å²) >= 11 is 0. The third-order valence-electron chi connectivity index (χ3n) is 2.47. The van der Waals surface area contributed by atoms with E-state index in [9.17, 15) is 14.4 Å². The number of ketones is 1. The van der Waals surface area contributed by atoms with Crippen LogP contribution in [0.15, 0.2) is 0 Å². The Morgan fingerprint density at radius 3 is 2.32 bits per heavy atom. The van der Waals surface area contributed by atoms with Crippen molar-refractivity contribution in [3.8, 4) is 0 Å². The van der Waals surface area contributed by atoms with Crippen LogP contribution in [0.25, 0.3) is 0 Å². The van der Waals surface area contributed by atoms with Gasteiger partial charge in [0.25, 0.3) is 0 Å². The fraction of sp³-hybridized carbons (Fsp3) is 0.727. The van der Waals surface area contributed by atoms with Crippen molar-refractivity contribution in [3.05, 3.63) is 0 Å². The van der Waals surface area contributed by atoms with Crippen molar-refractivity contribution in [3.63, 3.8) is 0 Å². The fourth-order valence-electron chi connectivity index (χ4n) is 1.34. The van der Waals surface area contributed by atoms with E-state index >= 15 is 0 Å². The number of hydrogen-bond donors (Lipinski definition) is 3. The molecule has 0 aliphatic carbocycles. The number of hydrogen-bond acceptors (Lipinski definition) is 6. The number of carboxylic acids is 1. The second-order valence-corrected chi connectivity index (χ2v) is 6.51. The molecule has 0 aromatic heterocycles. The number of nitrogens with one attached hydrogen (secondary N) is 2. The zero-order valence-corrected chi connectivity index (χ0v) is 12.9. The Hall–Kier alpha value is -0.730. The van der Waals surface area contributed by atoms with E-state index in [4.69, 9.17) is 5.11 Å². The molecule has 2 unspecified atom stereocenters. The minimum absolute atomic E-state index is 0.0940. The average molecular weight is 308 g/mol. The average Bonchev–Trinajstić information content (AvgIpc) is 2.34. The van der Waals surface area contributed by atoms with Crippen LogP contribution in [0.4, 0.5) is 0 Å². The standard InChI is InChI=1S/C11H20N2O4S2/c1-7(14)9(6-19-18-3)13-11(17)8(12-2)4-5-10(15)16/h8-9,12H,4-6H2,1-3H3,(H,13,17)(H,15,16). The van der Waals surface area contributed by atoms with Crippen LogP contribution >= 0.6 is 21.6 Å². The molecule has 0 bridgehead atoms. The van der Waals surface area contributed by atoms with E-state index in [0.717, 1.165) is 0 Å². The SMILES string of the molecule is CNC(CCC(=O)O)C(=O)NC(CSSC)C(C)=O.